The standard InChI is InChI=1S/C13H23N3O/c1-13(2)9-12(10-14)11-16(13)4-3-15-5-7-17-8-6-15/h12H,3-9,11H2,1-2H3. The van der Waals surface area contributed by atoms with Crippen LogP contribution in [-0.4, -0.2) is 61.3 Å². The minimum Gasteiger partial charge on any atom is -0.379 e. The molecule has 2 fully saturated rings. The van der Waals surface area contributed by atoms with Crippen molar-refractivity contribution in [3.63, 3.8) is 0 Å². The maximum absolute atomic E-state index is 9.03. The van der Waals surface area contributed by atoms with E-state index in [9.17, 15) is 0 Å². The van der Waals surface area contributed by atoms with Gasteiger partial charge in [0.15, 0.2) is 0 Å². The number of nitriles is 1. The van der Waals surface area contributed by atoms with Crippen LogP contribution in [0, 0.1) is 17.2 Å². The molecule has 0 aromatic carbocycles. The van der Waals surface area contributed by atoms with Gasteiger partial charge in [0.05, 0.1) is 25.2 Å². The van der Waals surface area contributed by atoms with Crippen LogP contribution in [-0.2, 0) is 4.74 Å². The van der Waals surface area contributed by atoms with Gasteiger partial charge in [0, 0.05) is 38.3 Å². The summed E-state index contributed by atoms with van der Waals surface area (Å²) in [6, 6.07) is 2.41. The van der Waals surface area contributed by atoms with Gasteiger partial charge < -0.3 is 4.74 Å². The summed E-state index contributed by atoms with van der Waals surface area (Å²) in [6.45, 7) is 11.5. The zero-order valence-corrected chi connectivity index (χ0v) is 11.0. The Balaban J connectivity index is 1.80. The second-order valence-electron chi connectivity index (χ2n) is 5.74. The first-order chi connectivity index (χ1) is 8.12. The Hall–Kier alpha value is -0.630. The first-order valence-corrected chi connectivity index (χ1v) is 6.56. The smallest absolute Gasteiger partial charge is 0.0670 e. The van der Waals surface area contributed by atoms with Crippen molar-refractivity contribution in [2.75, 3.05) is 45.9 Å². The molecule has 17 heavy (non-hydrogen) atoms. The lowest BCUT2D eigenvalue weighted by molar-refractivity contribution is 0.0297. The molecule has 0 saturated carbocycles. The Bertz CT molecular complexity index is 292. The Morgan fingerprint density at radius 2 is 2.00 bits per heavy atom. The quantitative estimate of drug-likeness (QED) is 0.732. The lowest BCUT2D eigenvalue weighted by atomic mass is 9.97. The molecule has 0 spiro atoms. The number of nitrogens with zero attached hydrogens (tertiary/aromatic N) is 3. The molecule has 96 valence electrons. The van der Waals surface area contributed by atoms with Crippen LogP contribution in [0.4, 0.5) is 0 Å². The summed E-state index contributed by atoms with van der Waals surface area (Å²) in [5.41, 5.74) is 0.187. The van der Waals surface area contributed by atoms with Crippen LogP contribution < -0.4 is 0 Å². The highest BCUT2D eigenvalue weighted by Gasteiger charge is 2.38. The Morgan fingerprint density at radius 3 is 2.59 bits per heavy atom. The van der Waals surface area contributed by atoms with E-state index in [4.69, 9.17) is 10.00 Å². The summed E-state index contributed by atoms with van der Waals surface area (Å²) in [6.07, 6.45) is 1.01. The zero-order chi connectivity index (χ0) is 12.3. The molecule has 0 aromatic rings. The highest BCUT2D eigenvalue weighted by Crippen LogP contribution is 2.31. The number of hydrogen-bond acceptors (Lipinski definition) is 4. The van der Waals surface area contributed by atoms with E-state index in [2.05, 4.69) is 29.7 Å². The van der Waals surface area contributed by atoms with E-state index < -0.39 is 0 Å². The topological polar surface area (TPSA) is 39.5 Å². The molecule has 4 nitrogen and oxygen atoms in total. The van der Waals surface area contributed by atoms with Gasteiger partial charge in [-0.15, -0.1) is 0 Å². The van der Waals surface area contributed by atoms with E-state index in [-0.39, 0.29) is 11.5 Å². The molecule has 0 amide bonds. The predicted molar refractivity (Wildman–Crippen MR) is 66.6 cm³/mol. The molecule has 0 radical (unpaired) electrons. The molecule has 2 aliphatic heterocycles. The summed E-state index contributed by atoms with van der Waals surface area (Å²) in [5.74, 6) is 0.217. The van der Waals surface area contributed by atoms with Crippen molar-refractivity contribution in [2.45, 2.75) is 25.8 Å². The van der Waals surface area contributed by atoms with Crippen molar-refractivity contribution in [1.29, 1.82) is 5.26 Å². The molecule has 2 heterocycles. The van der Waals surface area contributed by atoms with Gasteiger partial charge in [0.2, 0.25) is 0 Å². The first kappa shape index (κ1) is 12.8. The number of ether oxygens (including phenoxy) is 1. The molecule has 1 atom stereocenters. The van der Waals surface area contributed by atoms with Gasteiger partial charge in [-0.25, -0.2) is 0 Å². The van der Waals surface area contributed by atoms with Gasteiger partial charge >= 0.3 is 0 Å². The highest BCUT2D eigenvalue weighted by molar-refractivity contribution is 5.00. The molecule has 2 rings (SSSR count). The number of hydrogen-bond donors (Lipinski definition) is 0. The van der Waals surface area contributed by atoms with Crippen molar-refractivity contribution >= 4 is 0 Å². The van der Waals surface area contributed by atoms with Crippen LogP contribution in [0.15, 0.2) is 0 Å². The highest BCUT2D eigenvalue weighted by atomic mass is 16.5. The first-order valence-electron chi connectivity index (χ1n) is 6.56. The average Bonchev–Trinajstić information content (AvgIpc) is 2.63. The number of rotatable bonds is 3. The van der Waals surface area contributed by atoms with Crippen LogP contribution in [0.2, 0.25) is 0 Å². The summed E-state index contributed by atoms with van der Waals surface area (Å²) in [7, 11) is 0. The molecule has 2 aliphatic rings. The minimum atomic E-state index is 0.187. The van der Waals surface area contributed by atoms with Crippen LogP contribution >= 0.6 is 0 Å². The SMILES string of the molecule is CC1(C)CC(C#N)CN1CCN1CCOCC1. The van der Waals surface area contributed by atoms with E-state index >= 15 is 0 Å². The predicted octanol–water partition coefficient (Wildman–Crippen LogP) is 0.943. The van der Waals surface area contributed by atoms with Gasteiger partial charge in [-0.05, 0) is 20.3 Å². The normalized spacial score (nSPS) is 30.3. The summed E-state index contributed by atoms with van der Waals surface area (Å²) < 4.78 is 5.35. The third-order valence-electron chi connectivity index (χ3n) is 4.02. The summed E-state index contributed by atoms with van der Waals surface area (Å²) in [5, 5.41) is 9.03. The van der Waals surface area contributed by atoms with Crippen LogP contribution in [0.1, 0.15) is 20.3 Å². The maximum atomic E-state index is 9.03. The largest absolute Gasteiger partial charge is 0.379 e. The van der Waals surface area contributed by atoms with Gasteiger partial charge in [-0.2, -0.15) is 5.26 Å². The van der Waals surface area contributed by atoms with Crippen molar-refractivity contribution in [3.8, 4) is 6.07 Å². The van der Waals surface area contributed by atoms with Crippen LogP contribution in [0.5, 0.6) is 0 Å². The van der Waals surface area contributed by atoms with Crippen molar-refractivity contribution in [3.05, 3.63) is 0 Å². The molecule has 4 heteroatoms. The van der Waals surface area contributed by atoms with Gasteiger partial charge in [0.1, 0.15) is 0 Å². The molecule has 0 aliphatic carbocycles. The van der Waals surface area contributed by atoms with E-state index in [1.165, 1.54) is 0 Å². The van der Waals surface area contributed by atoms with Crippen molar-refractivity contribution < 1.29 is 4.74 Å². The molecular weight excluding hydrogens is 214 g/mol. The van der Waals surface area contributed by atoms with Crippen LogP contribution in [0.3, 0.4) is 0 Å². The fourth-order valence-electron chi connectivity index (χ4n) is 2.88. The molecule has 2 saturated heterocycles. The average molecular weight is 237 g/mol. The molecule has 0 bridgehead atoms. The Morgan fingerprint density at radius 1 is 1.29 bits per heavy atom. The van der Waals surface area contributed by atoms with Crippen LogP contribution in [0.25, 0.3) is 0 Å². The fraction of sp³-hybridized carbons (Fsp3) is 0.923. The molecular formula is C13H23N3O. The zero-order valence-electron chi connectivity index (χ0n) is 11.0. The molecule has 0 N–H and O–H groups in total. The van der Waals surface area contributed by atoms with Crippen molar-refractivity contribution in [1.82, 2.24) is 9.80 Å². The number of likely N-dealkylation sites (tertiary alicyclic amines) is 1. The van der Waals surface area contributed by atoms with Gasteiger partial charge in [0.25, 0.3) is 0 Å². The second-order valence-corrected chi connectivity index (χ2v) is 5.74. The Labute approximate surface area is 104 Å². The maximum Gasteiger partial charge on any atom is 0.0670 e. The van der Waals surface area contributed by atoms with Gasteiger partial charge in [-0.1, -0.05) is 0 Å². The molecule has 0 aromatic heterocycles. The van der Waals surface area contributed by atoms with E-state index in [1.54, 1.807) is 0 Å². The minimum absolute atomic E-state index is 0.187. The summed E-state index contributed by atoms with van der Waals surface area (Å²) in [4.78, 5) is 4.93. The lowest BCUT2D eigenvalue weighted by Gasteiger charge is -2.34. The second kappa shape index (κ2) is 5.34. The van der Waals surface area contributed by atoms with Crippen molar-refractivity contribution in [2.24, 2.45) is 5.92 Å². The third-order valence-corrected chi connectivity index (χ3v) is 4.02. The summed E-state index contributed by atoms with van der Waals surface area (Å²) >= 11 is 0. The van der Waals surface area contributed by atoms with Gasteiger partial charge in [-0.3, -0.25) is 9.80 Å². The van der Waals surface area contributed by atoms with E-state index in [0.717, 1.165) is 52.4 Å². The Kier molecular flexibility index (Phi) is 4.03. The van der Waals surface area contributed by atoms with E-state index in [0.29, 0.717) is 0 Å². The lowest BCUT2D eigenvalue weighted by Crippen LogP contribution is -2.45. The third kappa shape index (κ3) is 3.19. The molecule has 1 unspecified atom stereocenters. The number of morpholine rings is 1. The monoisotopic (exact) mass is 237 g/mol. The fourth-order valence-corrected chi connectivity index (χ4v) is 2.88. The van der Waals surface area contributed by atoms with E-state index in [1.807, 2.05) is 0 Å².